The van der Waals surface area contributed by atoms with E-state index in [1.807, 2.05) is 52.0 Å². The molecule has 0 aliphatic rings. The first kappa shape index (κ1) is 26.7. The van der Waals surface area contributed by atoms with Crippen LogP contribution in [0.15, 0.2) is 42.9 Å². The third-order valence-corrected chi connectivity index (χ3v) is 5.89. The highest BCUT2D eigenvalue weighted by atomic mass is 16.6. The van der Waals surface area contributed by atoms with Crippen LogP contribution in [0.2, 0.25) is 0 Å². The van der Waals surface area contributed by atoms with Gasteiger partial charge in [0.05, 0.1) is 37.7 Å². The number of ether oxygens (including phenoxy) is 4. The molecule has 3 heterocycles. The summed E-state index contributed by atoms with van der Waals surface area (Å²) >= 11 is 0. The molecule has 0 unspecified atom stereocenters. The number of methoxy groups -OCH3 is 2. The minimum atomic E-state index is -0.575. The second-order valence-corrected chi connectivity index (χ2v) is 9.81. The van der Waals surface area contributed by atoms with Gasteiger partial charge in [0.1, 0.15) is 23.8 Å². The van der Waals surface area contributed by atoms with E-state index in [0.29, 0.717) is 35.2 Å². The van der Waals surface area contributed by atoms with E-state index in [9.17, 15) is 4.79 Å². The van der Waals surface area contributed by atoms with Gasteiger partial charge in [0.25, 0.3) is 0 Å². The fourth-order valence-electron chi connectivity index (χ4n) is 3.98. The molecule has 1 aromatic carbocycles. The average molecular weight is 520 g/mol. The molecule has 4 rings (SSSR count). The van der Waals surface area contributed by atoms with Gasteiger partial charge in [-0.3, -0.25) is 9.97 Å². The Balaban J connectivity index is 1.62. The lowest BCUT2D eigenvalue weighted by molar-refractivity contribution is 0.0486. The highest BCUT2D eigenvalue weighted by molar-refractivity contribution is 6.10. The normalized spacial score (nSPS) is 12.3. The first-order valence-corrected chi connectivity index (χ1v) is 12.3. The number of nitrogens with one attached hydrogen (secondary N) is 1. The van der Waals surface area contributed by atoms with E-state index < -0.39 is 11.7 Å². The van der Waals surface area contributed by atoms with Crippen LogP contribution >= 0.6 is 0 Å². The number of benzene rings is 1. The quantitative estimate of drug-likeness (QED) is 0.304. The maximum atomic E-state index is 12.1. The van der Waals surface area contributed by atoms with Crippen molar-refractivity contribution in [2.45, 2.75) is 45.8 Å². The lowest BCUT2D eigenvalue weighted by Crippen LogP contribution is -2.41. The van der Waals surface area contributed by atoms with Gasteiger partial charge in [0.2, 0.25) is 0 Å². The van der Waals surface area contributed by atoms with Crippen LogP contribution in [0.1, 0.15) is 34.1 Å². The number of rotatable bonds is 8. The van der Waals surface area contributed by atoms with Crippen molar-refractivity contribution < 1.29 is 23.7 Å². The highest BCUT2D eigenvalue weighted by Crippen LogP contribution is 2.37. The Morgan fingerprint density at radius 2 is 1.74 bits per heavy atom. The number of amides is 1. The Morgan fingerprint density at radius 3 is 2.42 bits per heavy atom. The molecule has 0 saturated carbocycles. The van der Waals surface area contributed by atoms with Crippen LogP contribution in [-0.4, -0.2) is 53.5 Å². The molecule has 0 aliphatic heterocycles. The van der Waals surface area contributed by atoms with Crippen LogP contribution in [0.5, 0.6) is 17.2 Å². The molecule has 0 saturated heterocycles. The van der Waals surface area contributed by atoms with Crippen LogP contribution in [0, 0.1) is 0 Å². The van der Waals surface area contributed by atoms with Crippen molar-refractivity contribution in [1.82, 2.24) is 20.3 Å². The molecular formula is C28H33N5O5. The van der Waals surface area contributed by atoms with E-state index >= 15 is 0 Å². The zero-order valence-electron chi connectivity index (χ0n) is 22.5. The van der Waals surface area contributed by atoms with Crippen molar-refractivity contribution in [2.24, 2.45) is 0 Å². The second kappa shape index (κ2) is 11.0. The fraction of sp³-hybridized carbons (Fsp3) is 0.357. The van der Waals surface area contributed by atoms with E-state index in [1.54, 1.807) is 32.8 Å². The molecule has 0 bridgehead atoms. The van der Waals surface area contributed by atoms with Crippen molar-refractivity contribution in [3.05, 3.63) is 42.9 Å². The number of aromatic nitrogens is 3. The van der Waals surface area contributed by atoms with Gasteiger partial charge in [-0.25, -0.2) is 9.78 Å². The topological polar surface area (TPSA) is 131 Å². The monoisotopic (exact) mass is 519 g/mol. The molecule has 1 amide bonds. The van der Waals surface area contributed by atoms with Crippen molar-refractivity contribution in [1.29, 1.82) is 0 Å². The van der Waals surface area contributed by atoms with Gasteiger partial charge in [0, 0.05) is 34.8 Å². The molecule has 0 fully saturated rings. The fourth-order valence-corrected chi connectivity index (χ4v) is 3.98. The summed E-state index contributed by atoms with van der Waals surface area (Å²) in [5, 5.41) is 5.30. The van der Waals surface area contributed by atoms with Crippen molar-refractivity contribution in [3.63, 3.8) is 0 Å². The van der Waals surface area contributed by atoms with Crippen LogP contribution in [0.4, 0.5) is 10.6 Å². The van der Waals surface area contributed by atoms with Gasteiger partial charge < -0.3 is 30.0 Å². The smallest absolute Gasteiger partial charge is 0.407 e. The summed E-state index contributed by atoms with van der Waals surface area (Å²) in [4.78, 5) is 25.6. The number of carbonyl (C=O) groups excluding carboxylic acids is 1. The molecule has 10 nitrogen and oxygen atoms in total. The highest BCUT2D eigenvalue weighted by Gasteiger charge is 2.19. The van der Waals surface area contributed by atoms with Crippen molar-refractivity contribution in [3.8, 4) is 28.5 Å². The first-order chi connectivity index (χ1) is 18.1. The predicted molar refractivity (Wildman–Crippen MR) is 147 cm³/mol. The standard InChI is InChI=1S/C28H33N5O5/c1-7-17(32-27(34)38-28(2,3)4)15-37-18-8-16(12-30-13-18)22-9-19-20-10-24(35-5)25(36-6)11-23(20)31-14-21(19)26(29)33-22/h8-14,17H,7,15H2,1-6H3,(H2,29,33)(H,32,34)/t17-/m1/s1. The molecule has 10 heteroatoms. The SMILES string of the molecule is CC[C@H](COc1cncc(-c2cc3c(cnc4cc(OC)c(OC)cc43)c(N)n2)c1)NC(=O)OC(C)(C)C. The van der Waals surface area contributed by atoms with Gasteiger partial charge in [-0.05, 0) is 50.8 Å². The molecular weight excluding hydrogens is 486 g/mol. The number of hydrogen-bond acceptors (Lipinski definition) is 9. The van der Waals surface area contributed by atoms with Gasteiger partial charge >= 0.3 is 6.09 Å². The number of nitrogens with two attached hydrogens (primary N) is 1. The Kier molecular flexibility index (Phi) is 7.70. The molecule has 0 aliphatic carbocycles. The van der Waals surface area contributed by atoms with Gasteiger partial charge in [-0.15, -0.1) is 0 Å². The molecule has 200 valence electrons. The molecule has 3 aromatic heterocycles. The lowest BCUT2D eigenvalue weighted by Gasteiger charge is -2.23. The minimum Gasteiger partial charge on any atom is -0.493 e. The zero-order valence-corrected chi connectivity index (χ0v) is 22.5. The van der Waals surface area contributed by atoms with E-state index in [-0.39, 0.29) is 12.6 Å². The van der Waals surface area contributed by atoms with Crippen LogP contribution < -0.4 is 25.3 Å². The summed E-state index contributed by atoms with van der Waals surface area (Å²) in [5.41, 5.74) is 7.88. The van der Waals surface area contributed by atoms with Crippen molar-refractivity contribution in [2.75, 3.05) is 26.6 Å². The Bertz CT molecular complexity index is 1470. The van der Waals surface area contributed by atoms with E-state index in [0.717, 1.165) is 27.2 Å². The number of carbonyl (C=O) groups is 1. The van der Waals surface area contributed by atoms with Crippen LogP contribution in [0.3, 0.4) is 0 Å². The van der Waals surface area contributed by atoms with E-state index in [1.165, 1.54) is 0 Å². The summed E-state index contributed by atoms with van der Waals surface area (Å²) in [6.45, 7) is 7.68. The summed E-state index contributed by atoms with van der Waals surface area (Å²) in [6.07, 6.45) is 5.21. The zero-order chi connectivity index (χ0) is 27.4. The Hall–Kier alpha value is -4.34. The van der Waals surface area contributed by atoms with Crippen LogP contribution in [0.25, 0.3) is 32.9 Å². The number of nitrogen functional groups attached to an aromatic ring is 1. The van der Waals surface area contributed by atoms with Crippen molar-refractivity contribution >= 4 is 33.6 Å². The second-order valence-electron chi connectivity index (χ2n) is 9.81. The average Bonchev–Trinajstić information content (AvgIpc) is 2.89. The summed E-state index contributed by atoms with van der Waals surface area (Å²) < 4.78 is 22.2. The number of pyridine rings is 3. The minimum absolute atomic E-state index is 0.228. The molecule has 0 spiro atoms. The summed E-state index contributed by atoms with van der Waals surface area (Å²) in [7, 11) is 3.18. The predicted octanol–water partition coefficient (Wildman–Crippen LogP) is 5.13. The molecule has 0 radical (unpaired) electrons. The maximum absolute atomic E-state index is 12.1. The Morgan fingerprint density at radius 1 is 1.00 bits per heavy atom. The molecule has 4 aromatic rings. The number of fused-ring (bicyclic) bond motifs is 3. The summed E-state index contributed by atoms with van der Waals surface area (Å²) in [6, 6.07) is 7.27. The largest absolute Gasteiger partial charge is 0.493 e. The summed E-state index contributed by atoms with van der Waals surface area (Å²) in [5.74, 6) is 2.07. The first-order valence-electron chi connectivity index (χ1n) is 12.3. The van der Waals surface area contributed by atoms with Gasteiger partial charge in [0.15, 0.2) is 11.5 Å². The molecule has 3 N–H and O–H groups in total. The van der Waals surface area contributed by atoms with Gasteiger partial charge in [-0.1, -0.05) is 6.92 Å². The molecule has 1 atom stereocenters. The third-order valence-electron chi connectivity index (χ3n) is 5.89. The number of alkyl carbamates (subject to hydrolysis) is 1. The van der Waals surface area contributed by atoms with E-state index in [2.05, 4.69) is 20.3 Å². The maximum Gasteiger partial charge on any atom is 0.407 e. The van der Waals surface area contributed by atoms with Crippen LogP contribution in [-0.2, 0) is 4.74 Å². The lowest BCUT2D eigenvalue weighted by atomic mass is 10.0. The number of nitrogens with zero attached hydrogens (tertiary/aromatic N) is 3. The number of anilines is 1. The van der Waals surface area contributed by atoms with E-state index in [4.69, 9.17) is 24.7 Å². The Labute approximate surface area is 221 Å². The van der Waals surface area contributed by atoms with Gasteiger partial charge in [-0.2, -0.15) is 0 Å². The number of hydrogen-bond donors (Lipinski definition) is 2. The third kappa shape index (κ3) is 5.96. The molecule has 38 heavy (non-hydrogen) atoms.